The summed E-state index contributed by atoms with van der Waals surface area (Å²) in [4.78, 5) is 23.6. The van der Waals surface area contributed by atoms with Gasteiger partial charge in [0.15, 0.2) is 0 Å². The van der Waals surface area contributed by atoms with E-state index < -0.39 is 6.03 Å². The Kier molecular flexibility index (Phi) is 5.29. The standard InChI is InChI=1S/C22H23N5O2/c23-22(29)25-17-11-9-16(10-12-17)21(28)26-19-7-4-8-20-18(19)13-24-27(20)14-15-5-2-1-3-6-15/h1-3,5-6,9-13,19H,4,7-8,14H2,(H,26,28)(H3,23,25,29). The topological polar surface area (TPSA) is 102 Å². The molecule has 1 aromatic heterocycles. The first-order valence-corrected chi connectivity index (χ1v) is 9.66. The van der Waals surface area contributed by atoms with Gasteiger partial charge in [0.1, 0.15) is 0 Å². The Hall–Kier alpha value is -3.61. The molecule has 4 rings (SSSR count). The van der Waals surface area contributed by atoms with E-state index in [0.29, 0.717) is 11.3 Å². The van der Waals surface area contributed by atoms with Crippen molar-refractivity contribution in [1.29, 1.82) is 0 Å². The summed E-state index contributed by atoms with van der Waals surface area (Å²) in [6.45, 7) is 0.727. The SMILES string of the molecule is NC(=O)Nc1ccc(C(=O)NC2CCCc3c2cnn3Cc2ccccc2)cc1. The van der Waals surface area contributed by atoms with Gasteiger partial charge in [-0.15, -0.1) is 0 Å². The minimum Gasteiger partial charge on any atom is -0.351 e. The van der Waals surface area contributed by atoms with E-state index in [9.17, 15) is 9.59 Å². The van der Waals surface area contributed by atoms with Crippen molar-refractivity contribution in [3.8, 4) is 0 Å². The van der Waals surface area contributed by atoms with E-state index >= 15 is 0 Å². The van der Waals surface area contributed by atoms with Crippen LogP contribution in [0.4, 0.5) is 10.5 Å². The highest BCUT2D eigenvalue weighted by Gasteiger charge is 2.26. The lowest BCUT2D eigenvalue weighted by atomic mass is 9.92. The second-order valence-corrected chi connectivity index (χ2v) is 7.17. The summed E-state index contributed by atoms with van der Waals surface area (Å²) in [5.74, 6) is -0.149. The fraction of sp³-hybridized carbons (Fsp3) is 0.227. The van der Waals surface area contributed by atoms with E-state index in [1.165, 1.54) is 11.3 Å². The lowest BCUT2D eigenvalue weighted by molar-refractivity contribution is 0.0932. The number of hydrogen-bond donors (Lipinski definition) is 3. The van der Waals surface area contributed by atoms with Gasteiger partial charge in [0.2, 0.25) is 0 Å². The number of nitrogens with one attached hydrogen (secondary N) is 2. The van der Waals surface area contributed by atoms with Gasteiger partial charge in [0.05, 0.1) is 18.8 Å². The fourth-order valence-electron chi connectivity index (χ4n) is 3.75. The molecule has 0 saturated carbocycles. The highest BCUT2D eigenvalue weighted by molar-refractivity contribution is 5.95. The van der Waals surface area contributed by atoms with Crippen LogP contribution in [0.3, 0.4) is 0 Å². The minimum absolute atomic E-state index is 0.0563. The third kappa shape index (κ3) is 4.29. The molecule has 7 nitrogen and oxygen atoms in total. The number of fused-ring (bicyclic) bond motifs is 1. The number of urea groups is 1. The van der Waals surface area contributed by atoms with E-state index in [1.54, 1.807) is 24.3 Å². The van der Waals surface area contributed by atoms with Crippen LogP contribution in [0.25, 0.3) is 0 Å². The molecular formula is C22H23N5O2. The highest BCUT2D eigenvalue weighted by Crippen LogP contribution is 2.30. The van der Waals surface area contributed by atoms with Crippen LogP contribution in [0.2, 0.25) is 0 Å². The zero-order valence-electron chi connectivity index (χ0n) is 16.0. The number of amides is 3. The molecule has 7 heteroatoms. The zero-order valence-corrected chi connectivity index (χ0v) is 16.0. The van der Waals surface area contributed by atoms with Gasteiger partial charge < -0.3 is 16.4 Å². The van der Waals surface area contributed by atoms with Crippen LogP contribution < -0.4 is 16.4 Å². The van der Waals surface area contributed by atoms with Gasteiger partial charge in [-0.05, 0) is 49.1 Å². The first kappa shape index (κ1) is 18.7. The van der Waals surface area contributed by atoms with Crippen LogP contribution in [0.15, 0.2) is 60.8 Å². The molecule has 148 valence electrons. The molecule has 0 fully saturated rings. The normalized spacial score (nSPS) is 15.4. The van der Waals surface area contributed by atoms with Crippen molar-refractivity contribution in [2.45, 2.75) is 31.8 Å². The Morgan fingerprint density at radius 2 is 1.86 bits per heavy atom. The molecule has 29 heavy (non-hydrogen) atoms. The first-order valence-electron chi connectivity index (χ1n) is 9.66. The molecule has 4 N–H and O–H groups in total. The quantitative estimate of drug-likeness (QED) is 0.624. The van der Waals surface area contributed by atoms with Crippen molar-refractivity contribution in [3.05, 3.63) is 83.2 Å². The average molecular weight is 389 g/mol. The summed E-state index contributed by atoms with van der Waals surface area (Å²) in [6, 6.07) is 16.2. The zero-order chi connectivity index (χ0) is 20.2. The minimum atomic E-state index is -0.635. The summed E-state index contributed by atoms with van der Waals surface area (Å²) in [5.41, 5.74) is 9.67. The average Bonchev–Trinajstić information content (AvgIpc) is 3.13. The van der Waals surface area contributed by atoms with Crippen LogP contribution in [0.1, 0.15) is 46.1 Å². The molecule has 0 saturated heterocycles. The van der Waals surface area contributed by atoms with E-state index in [-0.39, 0.29) is 11.9 Å². The summed E-state index contributed by atoms with van der Waals surface area (Å²) in [5, 5.41) is 10.2. The van der Waals surface area contributed by atoms with Gasteiger partial charge in [-0.3, -0.25) is 9.48 Å². The molecule has 0 bridgehead atoms. The highest BCUT2D eigenvalue weighted by atomic mass is 16.2. The van der Waals surface area contributed by atoms with Crippen LogP contribution in [0.5, 0.6) is 0 Å². The number of aromatic nitrogens is 2. The second-order valence-electron chi connectivity index (χ2n) is 7.17. The Bertz CT molecular complexity index is 1010. The number of carbonyl (C=O) groups excluding carboxylic acids is 2. The summed E-state index contributed by atoms with van der Waals surface area (Å²) in [7, 11) is 0. The van der Waals surface area contributed by atoms with Crippen LogP contribution >= 0.6 is 0 Å². The fourth-order valence-corrected chi connectivity index (χ4v) is 3.75. The molecule has 3 aromatic rings. The molecule has 0 spiro atoms. The molecule has 1 unspecified atom stereocenters. The van der Waals surface area contributed by atoms with E-state index in [4.69, 9.17) is 5.73 Å². The third-order valence-electron chi connectivity index (χ3n) is 5.16. The van der Waals surface area contributed by atoms with E-state index in [1.807, 2.05) is 29.1 Å². The van der Waals surface area contributed by atoms with Crippen molar-refractivity contribution in [2.24, 2.45) is 5.73 Å². The largest absolute Gasteiger partial charge is 0.351 e. The molecule has 1 heterocycles. The molecule has 1 aliphatic rings. The maximum absolute atomic E-state index is 12.7. The van der Waals surface area contributed by atoms with E-state index in [2.05, 4.69) is 27.9 Å². The number of primary amides is 1. The van der Waals surface area contributed by atoms with Crippen molar-refractivity contribution in [1.82, 2.24) is 15.1 Å². The van der Waals surface area contributed by atoms with Crippen LogP contribution in [-0.4, -0.2) is 21.7 Å². The van der Waals surface area contributed by atoms with Gasteiger partial charge in [-0.2, -0.15) is 5.10 Å². The van der Waals surface area contributed by atoms with Gasteiger partial charge in [-0.1, -0.05) is 30.3 Å². The van der Waals surface area contributed by atoms with Gasteiger partial charge >= 0.3 is 6.03 Å². The molecule has 0 radical (unpaired) electrons. The Balaban J connectivity index is 1.47. The van der Waals surface area contributed by atoms with Crippen LogP contribution in [0, 0.1) is 0 Å². The predicted octanol–water partition coefficient (Wildman–Crippen LogP) is 3.23. The second kappa shape index (κ2) is 8.18. The van der Waals surface area contributed by atoms with Crippen molar-refractivity contribution in [3.63, 3.8) is 0 Å². The summed E-state index contributed by atoms with van der Waals surface area (Å²) < 4.78 is 2.03. The number of nitrogens with two attached hydrogens (primary N) is 1. The van der Waals surface area contributed by atoms with Gasteiger partial charge in [0.25, 0.3) is 5.91 Å². The summed E-state index contributed by atoms with van der Waals surface area (Å²) in [6.07, 6.45) is 4.72. The van der Waals surface area contributed by atoms with Gasteiger partial charge in [-0.25, -0.2) is 4.79 Å². The Morgan fingerprint density at radius 1 is 1.10 bits per heavy atom. The van der Waals surface area contributed by atoms with Crippen molar-refractivity contribution in [2.75, 3.05) is 5.32 Å². The molecule has 1 atom stereocenters. The number of rotatable bonds is 5. The Labute approximate surface area is 168 Å². The number of carbonyl (C=O) groups is 2. The van der Waals surface area contributed by atoms with Crippen molar-refractivity contribution >= 4 is 17.6 Å². The number of anilines is 1. The third-order valence-corrected chi connectivity index (χ3v) is 5.16. The maximum Gasteiger partial charge on any atom is 0.316 e. The molecule has 1 aliphatic carbocycles. The van der Waals surface area contributed by atoms with E-state index in [0.717, 1.165) is 31.4 Å². The molecule has 2 aromatic carbocycles. The lowest BCUT2D eigenvalue weighted by Gasteiger charge is -2.24. The Morgan fingerprint density at radius 3 is 2.59 bits per heavy atom. The smallest absolute Gasteiger partial charge is 0.316 e. The number of nitrogens with zero attached hydrogens (tertiary/aromatic N) is 2. The van der Waals surface area contributed by atoms with Crippen LogP contribution in [-0.2, 0) is 13.0 Å². The number of benzene rings is 2. The molecule has 0 aliphatic heterocycles. The van der Waals surface area contributed by atoms with Gasteiger partial charge in [0, 0.05) is 22.5 Å². The molecular weight excluding hydrogens is 366 g/mol. The summed E-state index contributed by atoms with van der Waals surface area (Å²) >= 11 is 0. The molecule has 3 amide bonds. The first-order chi connectivity index (χ1) is 14.1. The predicted molar refractivity (Wildman–Crippen MR) is 111 cm³/mol. The van der Waals surface area contributed by atoms with Crippen molar-refractivity contribution < 1.29 is 9.59 Å². The lowest BCUT2D eigenvalue weighted by Crippen LogP contribution is -2.31. The monoisotopic (exact) mass is 389 g/mol. The maximum atomic E-state index is 12.7. The number of hydrogen-bond acceptors (Lipinski definition) is 3.